The molecule has 5 rings (SSSR count). The van der Waals surface area contributed by atoms with Gasteiger partial charge in [-0.25, -0.2) is 0 Å². The number of halogens is 4. The summed E-state index contributed by atoms with van der Waals surface area (Å²) in [6, 6.07) is 13.7. The van der Waals surface area contributed by atoms with Crippen LogP contribution in [0.3, 0.4) is 0 Å². The molecule has 0 aliphatic carbocycles. The van der Waals surface area contributed by atoms with Gasteiger partial charge in [0.1, 0.15) is 0 Å². The van der Waals surface area contributed by atoms with E-state index >= 15 is 0 Å². The Balaban J connectivity index is 1.12. The van der Waals surface area contributed by atoms with Crippen LogP contribution in [0, 0.1) is 11.8 Å². The zero-order valence-electron chi connectivity index (χ0n) is 20.7. The van der Waals surface area contributed by atoms with E-state index in [-0.39, 0.29) is 0 Å². The van der Waals surface area contributed by atoms with Crippen molar-refractivity contribution in [1.29, 1.82) is 0 Å². The van der Waals surface area contributed by atoms with Crippen molar-refractivity contribution < 1.29 is 4.74 Å². The van der Waals surface area contributed by atoms with Crippen LogP contribution in [0.25, 0.3) is 0 Å². The van der Waals surface area contributed by atoms with Gasteiger partial charge in [0.25, 0.3) is 0 Å². The van der Waals surface area contributed by atoms with E-state index in [0.717, 1.165) is 62.0 Å². The van der Waals surface area contributed by atoms with Crippen molar-refractivity contribution in [3.05, 3.63) is 90.0 Å². The lowest BCUT2D eigenvalue weighted by Gasteiger charge is -2.34. The topological polar surface area (TPSA) is 15.7 Å². The molecule has 2 aliphatic rings. The first-order valence-electron chi connectivity index (χ1n) is 12.9. The molecule has 2 aliphatic heterocycles. The van der Waals surface area contributed by atoms with Crippen LogP contribution in [-0.2, 0) is 17.9 Å². The zero-order valence-corrected chi connectivity index (χ0v) is 24.6. The van der Waals surface area contributed by atoms with Gasteiger partial charge in [-0.1, -0.05) is 58.5 Å². The third-order valence-corrected chi connectivity index (χ3v) is 9.60. The van der Waals surface area contributed by atoms with Gasteiger partial charge in [0.2, 0.25) is 0 Å². The van der Waals surface area contributed by atoms with E-state index in [1.807, 2.05) is 24.3 Å². The monoisotopic (exact) mass is 596 g/mol. The predicted molar refractivity (Wildman–Crippen MR) is 158 cm³/mol. The van der Waals surface area contributed by atoms with Crippen molar-refractivity contribution in [2.75, 3.05) is 39.3 Å². The molecule has 0 spiro atoms. The number of nitrogens with zero attached hydrogens (tertiary/aromatic N) is 2. The molecule has 3 heterocycles. The van der Waals surface area contributed by atoms with E-state index in [1.165, 1.54) is 18.4 Å². The van der Waals surface area contributed by atoms with Gasteiger partial charge >= 0.3 is 0 Å². The summed E-state index contributed by atoms with van der Waals surface area (Å²) in [7, 11) is 0. The van der Waals surface area contributed by atoms with Gasteiger partial charge in [0.05, 0.1) is 6.61 Å². The van der Waals surface area contributed by atoms with Crippen LogP contribution in [-0.4, -0.2) is 49.1 Å². The summed E-state index contributed by atoms with van der Waals surface area (Å²) < 4.78 is 6.03. The second-order valence-electron chi connectivity index (χ2n) is 10.3. The van der Waals surface area contributed by atoms with Gasteiger partial charge in [-0.05, 0) is 95.5 Å². The number of likely N-dealkylation sites (tertiary alicyclic amines) is 2. The first-order chi connectivity index (χ1) is 17.9. The molecular weight excluding hydrogens is 566 g/mol. The molecule has 37 heavy (non-hydrogen) atoms. The summed E-state index contributed by atoms with van der Waals surface area (Å²) in [5.41, 5.74) is 3.62. The van der Waals surface area contributed by atoms with Crippen molar-refractivity contribution in [2.45, 2.75) is 31.9 Å². The summed E-state index contributed by atoms with van der Waals surface area (Å²) in [4.78, 5) is 5.22. The second kappa shape index (κ2) is 13.0. The van der Waals surface area contributed by atoms with Crippen LogP contribution in [0.5, 0.6) is 0 Å². The summed E-state index contributed by atoms with van der Waals surface area (Å²) in [5, 5.41) is 7.30. The molecule has 2 unspecified atom stereocenters. The number of hydrogen-bond acceptors (Lipinski definition) is 4. The number of thiophene rings is 1. The number of piperidine rings is 1. The summed E-state index contributed by atoms with van der Waals surface area (Å²) in [6.45, 7) is 7.74. The normalized spacial score (nSPS) is 21.6. The minimum Gasteiger partial charge on any atom is -0.376 e. The summed E-state index contributed by atoms with van der Waals surface area (Å²) >= 11 is 26.7. The first-order valence-corrected chi connectivity index (χ1v) is 15.3. The molecule has 3 nitrogen and oxygen atoms in total. The van der Waals surface area contributed by atoms with Crippen LogP contribution < -0.4 is 0 Å². The van der Waals surface area contributed by atoms with Crippen LogP contribution in [0.15, 0.2) is 53.2 Å². The molecular formula is C29H32Cl4N2OS. The Morgan fingerprint density at radius 2 is 1.54 bits per heavy atom. The van der Waals surface area contributed by atoms with E-state index in [9.17, 15) is 0 Å². The first kappa shape index (κ1) is 27.7. The number of benzene rings is 2. The van der Waals surface area contributed by atoms with Crippen LogP contribution in [0.4, 0.5) is 0 Å². The third-order valence-electron chi connectivity index (χ3n) is 7.72. The maximum absolute atomic E-state index is 6.49. The minimum atomic E-state index is 0.536. The molecule has 2 atom stereocenters. The minimum absolute atomic E-state index is 0.536. The van der Waals surface area contributed by atoms with Crippen LogP contribution >= 0.6 is 57.7 Å². The molecule has 3 aromatic rings. The lowest BCUT2D eigenvalue weighted by molar-refractivity contribution is 0.0542. The molecule has 2 fully saturated rings. The summed E-state index contributed by atoms with van der Waals surface area (Å²) in [5.74, 6) is 1.77. The fraction of sp³-hybridized carbons (Fsp3) is 0.448. The molecule has 1 aromatic heterocycles. The largest absolute Gasteiger partial charge is 0.376 e. The SMILES string of the molecule is Clc1ccc(COCC2CCN(CC3CN(Cc4ccc(Cl)cc4Cl)CC3c3ccsc3)CC2)c(Cl)c1. The van der Waals surface area contributed by atoms with Gasteiger partial charge < -0.3 is 9.64 Å². The Bertz CT molecular complexity index is 1170. The second-order valence-corrected chi connectivity index (χ2v) is 12.8. The maximum Gasteiger partial charge on any atom is 0.0731 e. The lowest BCUT2D eigenvalue weighted by atomic mass is 9.89. The standard InChI is InChI=1S/C29H32Cl4N2OS/c30-25-3-1-21(28(32)11-25)13-35-15-24(27(16-35)23-7-10-37-19-23)14-34-8-5-20(6-9-34)17-36-18-22-2-4-26(31)12-29(22)33/h1-4,7,10-12,19-20,24,27H,5-6,8-9,13-18H2. The van der Waals surface area contributed by atoms with E-state index in [2.05, 4.69) is 32.7 Å². The Labute approximate surface area is 244 Å². The molecule has 2 aromatic carbocycles. The van der Waals surface area contributed by atoms with Crippen LogP contribution in [0.1, 0.15) is 35.4 Å². The van der Waals surface area contributed by atoms with E-state index in [1.54, 1.807) is 17.4 Å². The molecule has 0 amide bonds. The summed E-state index contributed by atoms with van der Waals surface area (Å²) in [6.07, 6.45) is 2.35. The van der Waals surface area contributed by atoms with E-state index in [4.69, 9.17) is 51.1 Å². The van der Waals surface area contributed by atoms with Crippen molar-refractivity contribution in [3.8, 4) is 0 Å². The predicted octanol–water partition coefficient (Wildman–Crippen LogP) is 8.51. The lowest BCUT2D eigenvalue weighted by Crippen LogP contribution is -2.39. The fourth-order valence-corrected chi connectivity index (χ4v) is 7.33. The van der Waals surface area contributed by atoms with Crippen molar-refractivity contribution in [3.63, 3.8) is 0 Å². The highest BCUT2D eigenvalue weighted by Gasteiger charge is 2.36. The van der Waals surface area contributed by atoms with Gasteiger partial charge in [-0.15, -0.1) is 0 Å². The maximum atomic E-state index is 6.49. The number of rotatable bonds is 9. The zero-order chi connectivity index (χ0) is 25.8. The Morgan fingerprint density at radius 3 is 2.19 bits per heavy atom. The highest BCUT2D eigenvalue weighted by molar-refractivity contribution is 7.08. The Kier molecular flexibility index (Phi) is 9.76. The fourth-order valence-electron chi connectivity index (χ4n) is 5.67. The highest BCUT2D eigenvalue weighted by Crippen LogP contribution is 2.36. The van der Waals surface area contributed by atoms with Crippen molar-refractivity contribution in [2.24, 2.45) is 11.8 Å². The van der Waals surface area contributed by atoms with Crippen LogP contribution in [0.2, 0.25) is 20.1 Å². The average Bonchev–Trinajstić information content (AvgIpc) is 3.53. The van der Waals surface area contributed by atoms with Gasteiger partial charge in [0, 0.05) is 58.8 Å². The molecule has 0 radical (unpaired) electrons. The highest BCUT2D eigenvalue weighted by atomic mass is 35.5. The molecule has 0 bridgehead atoms. The Morgan fingerprint density at radius 1 is 0.838 bits per heavy atom. The number of hydrogen-bond donors (Lipinski definition) is 0. The smallest absolute Gasteiger partial charge is 0.0731 e. The average molecular weight is 598 g/mol. The molecule has 0 saturated carbocycles. The third kappa shape index (κ3) is 7.43. The molecule has 8 heteroatoms. The van der Waals surface area contributed by atoms with E-state index in [0.29, 0.717) is 39.4 Å². The van der Waals surface area contributed by atoms with E-state index < -0.39 is 0 Å². The molecule has 2 saturated heterocycles. The Hall–Kier alpha value is -0.820. The van der Waals surface area contributed by atoms with Gasteiger partial charge in [-0.3, -0.25) is 4.90 Å². The van der Waals surface area contributed by atoms with Crippen molar-refractivity contribution >= 4 is 57.7 Å². The van der Waals surface area contributed by atoms with Gasteiger partial charge in [-0.2, -0.15) is 11.3 Å². The quantitative estimate of drug-likeness (QED) is 0.246. The molecule has 0 N–H and O–H groups in total. The van der Waals surface area contributed by atoms with Gasteiger partial charge in [0.15, 0.2) is 0 Å². The molecule has 198 valence electrons. The van der Waals surface area contributed by atoms with Crippen molar-refractivity contribution in [1.82, 2.24) is 9.80 Å². The number of ether oxygens (including phenoxy) is 1.